The summed E-state index contributed by atoms with van der Waals surface area (Å²) in [5, 5.41) is 2.72. The Kier molecular flexibility index (Phi) is 5.55. The summed E-state index contributed by atoms with van der Waals surface area (Å²) < 4.78 is 36.7. The minimum Gasteiger partial charge on any atom is -0.486 e. The molecule has 0 unspecified atom stereocenters. The molecule has 3 rings (SSSR count). The van der Waals surface area contributed by atoms with E-state index in [1.807, 2.05) is 25.1 Å². The van der Waals surface area contributed by atoms with Crippen LogP contribution in [-0.2, 0) is 14.8 Å². The first-order valence-electron chi connectivity index (χ1n) is 8.52. The Balaban J connectivity index is 1.59. The number of carbonyl (C=O) groups excluding carboxylic acids is 1. The molecule has 2 aromatic carbocycles. The number of hydrogen-bond acceptors (Lipinski definition) is 5. The number of nitrogens with one attached hydrogen (secondary N) is 1. The molecular formula is C19H22N2O5S. The molecule has 1 heterocycles. The molecule has 8 heteroatoms. The SMILES string of the molecule is Cc1ccc(N(CC(=O)NC[C@@H]2COc3ccccc3O2)S(C)(=O)=O)cc1. The number of rotatable bonds is 6. The maximum atomic E-state index is 12.3. The maximum Gasteiger partial charge on any atom is 0.240 e. The van der Waals surface area contributed by atoms with Crippen molar-refractivity contribution < 1.29 is 22.7 Å². The maximum absolute atomic E-state index is 12.3. The van der Waals surface area contributed by atoms with E-state index in [-0.39, 0.29) is 19.2 Å². The summed E-state index contributed by atoms with van der Waals surface area (Å²) in [6.07, 6.45) is 0.740. The first-order chi connectivity index (χ1) is 12.8. The topological polar surface area (TPSA) is 84.9 Å². The van der Waals surface area contributed by atoms with Gasteiger partial charge in [0.1, 0.15) is 19.3 Å². The third kappa shape index (κ3) is 4.91. The summed E-state index contributed by atoms with van der Waals surface area (Å²) in [5.74, 6) is 0.881. The van der Waals surface area contributed by atoms with E-state index in [1.165, 1.54) is 0 Å². The van der Waals surface area contributed by atoms with Crippen LogP contribution in [0.25, 0.3) is 0 Å². The number of hydrogen-bond donors (Lipinski definition) is 1. The third-order valence-electron chi connectivity index (χ3n) is 4.10. The van der Waals surface area contributed by atoms with Gasteiger partial charge in [0.15, 0.2) is 11.5 Å². The van der Waals surface area contributed by atoms with Crippen molar-refractivity contribution in [2.75, 3.05) is 30.3 Å². The molecule has 1 aliphatic heterocycles. The number of nitrogens with zero attached hydrogens (tertiary/aromatic N) is 1. The highest BCUT2D eigenvalue weighted by Crippen LogP contribution is 2.30. The fourth-order valence-corrected chi connectivity index (χ4v) is 3.55. The molecule has 1 atom stereocenters. The molecule has 144 valence electrons. The van der Waals surface area contributed by atoms with Crippen molar-refractivity contribution in [2.45, 2.75) is 13.0 Å². The van der Waals surface area contributed by atoms with E-state index in [0.717, 1.165) is 16.1 Å². The molecule has 7 nitrogen and oxygen atoms in total. The number of amides is 1. The highest BCUT2D eigenvalue weighted by Gasteiger charge is 2.24. The van der Waals surface area contributed by atoms with E-state index in [9.17, 15) is 13.2 Å². The predicted octanol–water partition coefficient (Wildman–Crippen LogP) is 1.72. The average Bonchev–Trinajstić information content (AvgIpc) is 2.64. The lowest BCUT2D eigenvalue weighted by atomic mass is 10.2. The summed E-state index contributed by atoms with van der Waals surface area (Å²) in [6, 6.07) is 14.3. The molecular weight excluding hydrogens is 368 g/mol. The van der Waals surface area contributed by atoms with Crippen LogP contribution in [0.15, 0.2) is 48.5 Å². The van der Waals surface area contributed by atoms with Gasteiger partial charge in [-0.1, -0.05) is 29.8 Å². The monoisotopic (exact) mass is 390 g/mol. The van der Waals surface area contributed by atoms with E-state index in [2.05, 4.69) is 5.32 Å². The molecule has 1 amide bonds. The van der Waals surface area contributed by atoms with Crippen LogP contribution in [0, 0.1) is 6.92 Å². The van der Waals surface area contributed by atoms with Crippen LogP contribution >= 0.6 is 0 Å². The van der Waals surface area contributed by atoms with Gasteiger partial charge in [-0.15, -0.1) is 0 Å². The zero-order chi connectivity index (χ0) is 19.4. The summed E-state index contributed by atoms with van der Waals surface area (Å²) in [6.45, 7) is 2.14. The van der Waals surface area contributed by atoms with Crippen LogP contribution in [0.3, 0.4) is 0 Å². The summed E-state index contributed by atoms with van der Waals surface area (Å²) >= 11 is 0. The first-order valence-corrected chi connectivity index (χ1v) is 10.4. The Hall–Kier alpha value is -2.74. The van der Waals surface area contributed by atoms with Crippen molar-refractivity contribution in [3.8, 4) is 11.5 Å². The average molecular weight is 390 g/mol. The molecule has 0 aromatic heterocycles. The lowest BCUT2D eigenvalue weighted by Gasteiger charge is -2.27. The summed E-state index contributed by atoms with van der Waals surface area (Å²) in [5.41, 5.74) is 1.45. The van der Waals surface area contributed by atoms with E-state index in [0.29, 0.717) is 23.8 Å². The Morgan fingerprint density at radius 3 is 2.48 bits per heavy atom. The molecule has 0 fully saturated rings. The largest absolute Gasteiger partial charge is 0.486 e. The molecule has 0 saturated carbocycles. The van der Waals surface area contributed by atoms with Gasteiger partial charge in [-0.2, -0.15) is 0 Å². The summed E-state index contributed by atoms with van der Waals surface area (Å²) in [4.78, 5) is 12.3. The number of para-hydroxylation sites is 2. The number of sulfonamides is 1. The van der Waals surface area contributed by atoms with Gasteiger partial charge >= 0.3 is 0 Å². The van der Waals surface area contributed by atoms with E-state index in [4.69, 9.17) is 9.47 Å². The molecule has 27 heavy (non-hydrogen) atoms. The number of carbonyl (C=O) groups is 1. The quantitative estimate of drug-likeness (QED) is 0.812. The van der Waals surface area contributed by atoms with Gasteiger partial charge < -0.3 is 14.8 Å². The molecule has 1 aliphatic rings. The molecule has 0 saturated heterocycles. The van der Waals surface area contributed by atoms with Crippen molar-refractivity contribution in [1.82, 2.24) is 5.32 Å². The Morgan fingerprint density at radius 1 is 1.15 bits per heavy atom. The van der Waals surface area contributed by atoms with Gasteiger partial charge in [0.05, 0.1) is 18.5 Å². The van der Waals surface area contributed by atoms with Crippen LogP contribution in [0.1, 0.15) is 5.56 Å². The molecule has 1 N–H and O–H groups in total. The van der Waals surface area contributed by atoms with Crippen LogP contribution in [-0.4, -0.2) is 46.4 Å². The van der Waals surface area contributed by atoms with Crippen LogP contribution in [0.2, 0.25) is 0 Å². The molecule has 0 radical (unpaired) electrons. The Morgan fingerprint density at radius 2 is 1.81 bits per heavy atom. The fraction of sp³-hybridized carbons (Fsp3) is 0.316. The van der Waals surface area contributed by atoms with E-state index >= 15 is 0 Å². The van der Waals surface area contributed by atoms with Gasteiger partial charge in [0.2, 0.25) is 15.9 Å². The Bertz CT molecular complexity index is 912. The lowest BCUT2D eigenvalue weighted by molar-refractivity contribution is -0.120. The molecule has 0 bridgehead atoms. The van der Waals surface area contributed by atoms with Crippen LogP contribution in [0.4, 0.5) is 5.69 Å². The van der Waals surface area contributed by atoms with Gasteiger partial charge in [-0.05, 0) is 31.2 Å². The third-order valence-corrected chi connectivity index (χ3v) is 5.24. The molecule has 0 spiro atoms. The number of ether oxygens (including phenoxy) is 2. The van der Waals surface area contributed by atoms with Crippen molar-refractivity contribution in [1.29, 1.82) is 0 Å². The van der Waals surface area contributed by atoms with Crippen molar-refractivity contribution in [2.24, 2.45) is 0 Å². The second-order valence-electron chi connectivity index (χ2n) is 6.41. The minimum atomic E-state index is -3.59. The summed E-state index contributed by atoms with van der Waals surface area (Å²) in [7, 11) is -3.59. The highest BCUT2D eigenvalue weighted by atomic mass is 32.2. The van der Waals surface area contributed by atoms with E-state index in [1.54, 1.807) is 30.3 Å². The van der Waals surface area contributed by atoms with Crippen LogP contribution < -0.4 is 19.1 Å². The normalized spacial score (nSPS) is 15.9. The number of fused-ring (bicyclic) bond motifs is 1. The number of anilines is 1. The zero-order valence-corrected chi connectivity index (χ0v) is 16.0. The second-order valence-corrected chi connectivity index (χ2v) is 8.31. The van der Waals surface area contributed by atoms with Gasteiger partial charge in [-0.25, -0.2) is 8.42 Å². The van der Waals surface area contributed by atoms with Crippen molar-refractivity contribution in [3.05, 3.63) is 54.1 Å². The second kappa shape index (κ2) is 7.87. The van der Waals surface area contributed by atoms with Gasteiger partial charge in [-0.3, -0.25) is 9.10 Å². The zero-order valence-electron chi connectivity index (χ0n) is 15.2. The lowest BCUT2D eigenvalue weighted by Crippen LogP contribution is -2.45. The van der Waals surface area contributed by atoms with Crippen LogP contribution in [0.5, 0.6) is 11.5 Å². The molecule has 2 aromatic rings. The van der Waals surface area contributed by atoms with Gasteiger partial charge in [0.25, 0.3) is 0 Å². The standard InChI is InChI=1S/C19H22N2O5S/c1-14-7-9-15(10-8-14)21(27(2,23)24)12-19(22)20-11-16-13-25-17-5-3-4-6-18(17)26-16/h3-10,16H,11-13H2,1-2H3,(H,20,22)/t16-/m1/s1. The first kappa shape index (κ1) is 19.0. The highest BCUT2D eigenvalue weighted by molar-refractivity contribution is 7.92. The predicted molar refractivity (Wildman–Crippen MR) is 103 cm³/mol. The van der Waals surface area contributed by atoms with Crippen molar-refractivity contribution >= 4 is 21.6 Å². The fourth-order valence-electron chi connectivity index (χ4n) is 2.69. The number of aryl methyl sites for hydroxylation is 1. The Labute approximate surface area is 158 Å². The number of benzene rings is 2. The minimum absolute atomic E-state index is 0.221. The molecule has 0 aliphatic carbocycles. The smallest absolute Gasteiger partial charge is 0.240 e. The van der Waals surface area contributed by atoms with Crippen molar-refractivity contribution in [3.63, 3.8) is 0 Å². The van der Waals surface area contributed by atoms with E-state index < -0.39 is 15.9 Å². The van der Waals surface area contributed by atoms with Gasteiger partial charge in [0, 0.05) is 0 Å².